The number of aromatic nitrogens is 3. The summed E-state index contributed by atoms with van der Waals surface area (Å²) in [5, 5.41) is 19.9. The van der Waals surface area contributed by atoms with Crippen LogP contribution in [0.15, 0.2) is 101 Å². The number of hydrogen-bond donors (Lipinski definition) is 1. The molecule has 0 aliphatic carbocycles. The molecule has 13 heteroatoms. The van der Waals surface area contributed by atoms with Crippen LogP contribution in [0, 0.1) is 11.6 Å². The molecule has 3 aromatic carbocycles. The fourth-order valence-corrected chi connectivity index (χ4v) is 6.46. The molecule has 0 saturated heterocycles. The summed E-state index contributed by atoms with van der Waals surface area (Å²) in [5.74, 6) is -0.654. The zero-order chi connectivity index (χ0) is 31.3. The monoisotopic (exact) mass is 644 g/mol. The van der Waals surface area contributed by atoms with Gasteiger partial charge in [-0.25, -0.2) is 13.8 Å². The second kappa shape index (κ2) is 13.4. The summed E-state index contributed by atoms with van der Waals surface area (Å²) in [5.41, 5.74) is 2.46. The summed E-state index contributed by atoms with van der Waals surface area (Å²) in [6, 6.07) is 22.1. The van der Waals surface area contributed by atoms with E-state index in [-0.39, 0.29) is 29.9 Å². The molecule has 1 atom stereocenters. The number of para-hydroxylation sites is 1. The fourth-order valence-electron chi connectivity index (χ4n) is 4.91. The molecule has 1 aliphatic heterocycles. The SMILES string of the molecule is COc1ccccc1C(=O)NCc1nnc(SCC(=O)N2N=C(c3cccs3)C[C@H]2c2ccc(F)cc2)n1-c1ccc(F)cc1. The van der Waals surface area contributed by atoms with Crippen LogP contribution in [-0.2, 0) is 11.3 Å². The van der Waals surface area contributed by atoms with Gasteiger partial charge >= 0.3 is 0 Å². The van der Waals surface area contributed by atoms with Gasteiger partial charge in [-0.15, -0.1) is 21.5 Å². The molecule has 2 aromatic heterocycles. The minimum atomic E-state index is -0.414. The number of hydrazone groups is 1. The number of amides is 2. The Bertz CT molecular complexity index is 1840. The van der Waals surface area contributed by atoms with Crippen molar-refractivity contribution in [1.29, 1.82) is 0 Å². The number of benzene rings is 3. The summed E-state index contributed by atoms with van der Waals surface area (Å²) in [7, 11) is 1.49. The Hall–Kier alpha value is -4.88. The lowest BCUT2D eigenvalue weighted by Crippen LogP contribution is -2.28. The lowest BCUT2D eigenvalue weighted by Gasteiger charge is -2.22. The molecule has 1 N–H and O–H groups in total. The normalized spacial score (nSPS) is 14.3. The average molecular weight is 645 g/mol. The molecule has 45 heavy (non-hydrogen) atoms. The van der Waals surface area contributed by atoms with E-state index in [1.807, 2.05) is 17.5 Å². The molecule has 5 aromatic rings. The van der Waals surface area contributed by atoms with Crippen LogP contribution >= 0.6 is 23.1 Å². The van der Waals surface area contributed by atoms with Gasteiger partial charge in [-0.1, -0.05) is 42.1 Å². The highest BCUT2D eigenvalue weighted by molar-refractivity contribution is 7.99. The first-order valence-electron chi connectivity index (χ1n) is 13.8. The molecule has 0 radical (unpaired) electrons. The van der Waals surface area contributed by atoms with Gasteiger partial charge in [0, 0.05) is 12.1 Å². The van der Waals surface area contributed by atoms with E-state index < -0.39 is 11.9 Å². The average Bonchev–Trinajstić information content (AvgIpc) is 3.84. The number of thioether (sulfide) groups is 1. The van der Waals surface area contributed by atoms with Gasteiger partial charge in [-0.2, -0.15) is 5.10 Å². The minimum absolute atomic E-state index is 0.00297. The van der Waals surface area contributed by atoms with E-state index in [2.05, 4.69) is 20.6 Å². The maximum absolute atomic E-state index is 13.8. The summed E-state index contributed by atoms with van der Waals surface area (Å²) >= 11 is 2.68. The van der Waals surface area contributed by atoms with Crippen molar-refractivity contribution < 1.29 is 23.1 Å². The van der Waals surface area contributed by atoms with Crippen molar-refractivity contribution in [2.45, 2.75) is 24.2 Å². The number of thiophene rings is 1. The largest absolute Gasteiger partial charge is 0.496 e. The topological polar surface area (TPSA) is 102 Å². The van der Waals surface area contributed by atoms with Crippen LogP contribution in [-0.4, -0.2) is 50.2 Å². The lowest BCUT2D eigenvalue weighted by molar-refractivity contribution is -0.130. The van der Waals surface area contributed by atoms with Crippen molar-refractivity contribution >= 4 is 40.6 Å². The highest BCUT2D eigenvalue weighted by Gasteiger charge is 2.33. The van der Waals surface area contributed by atoms with Gasteiger partial charge in [-0.05, 0) is 65.5 Å². The Kier molecular flexibility index (Phi) is 8.98. The number of hydrogen-bond acceptors (Lipinski definition) is 8. The maximum Gasteiger partial charge on any atom is 0.255 e. The van der Waals surface area contributed by atoms with Crippen molar-refractivity contribution in [2.75, 3.05) is 12.9 Å². The number of methoxy groups -OCH3 is 1. The second-order valence-electron chi connectivity index (χ2n) is 9.92. The van der Waals surface area contributed by atoms with Crippen LogP contribution < -0.4 is 10.1 Å². The van der Waals surface area contributed by atoms with E-state index in [1.54, 1.807) is 53.1 Å². The number of nitrogens with one attached hydrogen (secondary N) is 1. The molecule has 6 rings (SSSR count). The molecule has 9 nitrogen and oxygen atoms in total. The number of nitrogens with zero attached hydrogens (tertiary/aromatic N) is 5. The van der Waals surface area contributed by atoms with Crippen molar-refractivity contribution in [1.82, 2.24) is 25.1 Å². The summed E-state index contributed by atoms with van der Waals surface area (Å²) < 4.78 is 34.5. The quantitative estimate of drug-likeness (QED) is 0.187. The Labute approximate surface area is 265 Å². The van der Waals surface area contributed by atoms with Gasteiger partial charge in [-0.3, -0.25) is 14.2 Å². The number of ether oxygens (including phenoxy) is 1. The van der Waals surface area contributed by atoms with Crippen LogP contribution in [0.4, 0.5) is 8.78 Å². The molecule has 0 unspecified atom stereocenters. The predicted octanol–water partition coefficient (Wildman–Crippen LogP) is 6.02. The van der Waals surface area contributed by atoms with E-state index in [1.165, 1.54) is 47.7 Å². The lowest BCUT2D eigenvalue weighted by atomic mass is 10.0. The highest BCUT2D eigenvalue weighted by Crippen LogP contribution is 2.35. The Morgan fingerprint density at radius 3 is 2.42 bits per heavy atom. The van der Waals surface area contributed by atoms with Crippen LogP contribution in [0.5, 0.6) is 5.75 Å². The van der Waals surface area contributed by atoms with Crippen LogP contribution in [0.2, 0.25) is 0 Å². The third-order valence-electron chi connectivity index (χ3n) is 7.09. The van der Waals surface area contributed by atoms with E-state index in [0.717, 1.165) is 27.9 Å². The molecule has 3 heterocycles. The van der Waals surface area contributed by atoms with Gasteiger partial charge in [0.05, 0.1) is 41.6 Å². The van der Waals surface area contributed by atoms with E-state index >= 15 is 0 Å². The number of carbonyl (C=O) groups is 2. The third kappa shape index (κ3) is 6.64. The van der Waals surface area contributed by atoms with E-state index in [0.29, 0.717) is 34.4 Å². The first-order chi connectivity index (χ1) is 21.9. The summed E-state index contributed by atoms with van der Waals surface area (Å²) in [6.07, 6.45) is 0.490. The van der Waals surface area contributed by atoms with Crippen LogP contribution in [0.1, 0.15) is 39.1 Å². The highest BCUT2D eigenvalue weighted by atomic mass is 32.2. The standard InChI is InChI=1S/C32H26F2N6O3S2/c1-43-27-6-3-2-5-24(27)31(42)35-18-29-36-37-32(39(29)23-14-12-22(34)13-15-23)45-19-30(41)40-26(20-8-10-21(33)11-9-20)17-25(38-40)28-7-4-16-44-28/h2-16,26H,17-19H2,1H3,(H,35,42)/t26-/m0/s1. The van der Waals surface area contributed by atoms with E-state index in [9.17, 15) is 18.4 Å². The smallest absolute Gasteiger partial charge is 0.255 e. The first-order valence-corrected chi connectivity index (χ1v) is 15.7. The number of halogens is 2. The van der Waals surface area contributed by atoms with Gasteiger partial charge in [0.15, 0.2) is 11.0 Å². The zero-order valence-corrected chi connectivity index (χ0v) is 25.5. The van der Waals surface area contributed by atoms with Gasteiger partial charge in [0.25, 0.3) is 11.8 Å². The molecule has 0 spiro atoms. The number of carbonyl (C=O) groups excluding carboxylic acids is 2. The molecule has 228 valence electrons. The molecule has 0 bridgehead atoms. The minimum Gasteiger partial charge on any atom is -0.496 e. The second-order valence-corrected chi connectivity index (χ2v) is 11.8. The third-order valence-corrected chi connectivity index (χ3v) is 8.93. The van der Waals surface area contributed by atoms with Gasteiger partial charge < -0.3 is 10.1 Å². The molecule has 2 amide bonds. The van der Waals surface area contributed by atoms with Crippen molar-refractivity contribution in [3.8, 4) is 11.4 Å². The molecule has 1 aliphatic rings. The summed E-state index contributed by atoms with van der Waals surface area (Å²) in [4.78, 5) is 27.6. The van der Waals surface area contributed by atoms with Crippen molar-refractivity contribution in [2.24, 2.45) is 5.10 Å². The summed E-state index contributed by atoms with van der Waals surface area (Å²) in [6.45, 7) is 0.00297. The Morgan fingerprint density at radius 1 is 0.978 bits per heavy atom. The zero-order valence-electron chi connectivity index (χ0n) is 23.9. The molecule has 0 fully saturated rings. The molecule has 0 saturated carbocycles. The van der Waals surface area contributed by atoms with Gasteiger partial charge in [0.1, 0.15) is 17.4 Å². The van der Waals surface area contributed by atoms with Crippen molar-refractivity contribution in [3.63, 3.8) is 0 Å². The van der Waals surface area contributed by atoms with Crippen LogP contribution in [0.3, 0.4) is 0 Å². The van der Waals surface area contributed by atoms with E-state index in [4.69, 9.17) is 4.74 Å². The van der Waals surface area contributed by atoms with Crippen LogP contribution in [0.25, 0.3) is 5.69 Å². The Balaban J connectivity index is 1.24. The van der Waals surface area contributed by atoms with Crippen molar-refractivity contribution in [3.05, 3.63) is 124 Å². The number of rotatable bonds is 10. The fraction of sp³-hybridized carbons (Fsp3) is 0.156. The maximum atomic E-state index is 13.8. The molecular weight excluding hydrogens is 619 g/mol. The molecular formula is C32H26F2N6O3S2. The Morgan fingerprint density at radius 2 is 1.71 bits per heavy atom. The predicted molar refractivity (Wildman–Crippen MR) is 168 cm³/mol. The van der Waals surface area contributed by atoms with Gasteiger partial charge in [0.2, 0.25) is 0 Å². The first kappa shape index (κ1) is 30.2.